The maximum absolute atomic E-state index is 10.6. The Morgan fingerprint density at radius 2 is 1.69 bits per heavy atom. The minimum atomic E-state index is -0.377. The van der Waals surface area contributed by atoms with Gasteiger partial charge in [0.1, 0.15) is 0 Å². The van der Waals surface area contributed by atoms with Crippen molar-refractivity contribution in [2.75, 3.05) is 0 Å². The molecule has 16 heavy (non-hydrogen) atoms. The Balaban J connectivity index is 2.44. The molecule has 3 heteroatoms. The summed E-state index contributed by atoms with van der Waals surface area (Å²) in [5, 5.41) is 10.6. The normalized spacial score (nSPS) is 10.1. The lowest BCUT2D eigenvalue weighted by Gasteiger charge is -2.01. The summed E-state index contributed by atoms with van der Waals surface area (Å²) in [5.74, 6) is 0. The van der Waals surface area contributed by atoms with Gasteiger partial charge in [-0.15, -0.1) is 0 Å². The van der Waals surface area contributed by atoms with Crippen LogP contribution in [0.25, 0.3) is 11.1 Å². The molecule has 0 saturated heterocycles. The van der Waals surface area contributed by atoms with Gasteiger partial charge in [0.25, 0.3) is 5.69 Å². The van der Waals surface area contributed by atoms with Crippen molar-refractivity contribution in [2.45, 2.75) is 6.92 Å². The van der Waals surface area contributed by atoms with Crippen molar-refractivity contribution in [2.24, 2.45) is 0 Å². The van der Waals surface area contributed by atoms with Crippen LogP contribution >= 0.6 is 0 Å². The Morgan fingerprint density at radius 3 is 2.31 bits per heavy atom. The standard InChI is InChI=1S/C13H11NO2/c1-10-5-7-11(8-6-10)12-3-2-4-13(9-12)14(15)16/h2-9H,1H3. The van der Waals surface area contributed by atoms with Crippen LogP contribution in [0.3, 0.4) is 0 Å². The van der Waals surface area contributed by atoms with Crippen LogP contribution in [0.5, 0.6) is 0 Å². The van der Waals surface area contributed by atoms with Crippen molar-refractivity contribution in [1.29, 1.82) is 0 Å². The molecule has 0 aromatic heterocycles. The predicted molar refractivity (Wildman–Crippen MR) is 63.3 cm³/mol. The molecule has 0 spiro atoms. The molecule has 0 bridgehead atoms. The summed E-state index contributed by atoms with van der Waals surface area (Å²) in [6.07, 6.45) is 0. The predicted octanol–water partition coefficient (Wildman–Crippen LogP) is 3.57. The van der Waals surface area contributed by atoms with Gasteiger partial charge in [0, 0.05) is 12.1 Å². The van der Waals surface area contributed by atoms with Crippen LogP contribution < -0.4 is 0 Å². The van der Waals surface area contributed by atoms with E-state index in [2.05, 4.69) is 0 Å². The van der Waals surface area contributed by atoms with E-state index in [-0.39, 0.29) is 10.6 Å². The summed E-state index contributed by atoms with van der Waals surface area (Å²) in [6.45, 7) is 2.01. The quantitative estimate of drug-likeness (QED) is 0.565. The first-order chi connectivity index (χ1) is 7.66. The fraction of sp³-hybridized carbons (Fsp3) is 0.0769. The van der Waals surface area contributed by atoms with E-state index in [0.717, 1.165) is 11.1 Å². The third kappa shape index (κ3) is 2.08. The number of benzene rings is 2. The molecule has 0 atom stereocenters. The van der Waals surface area contributed by atoms with Crippen LogP contribution in [0.1, 0.15) is 5.56 Å². The zero-order chi connectivity index (χ0) is 11.5. The molecule has 0 aliphatic carbocycles. The maximum atomic E-state index is 10.6. The SMILES string of the molecule is Cc1ccc(-c2cccc([N+](=O)[O-])c2)cc1. The van der Waals surface area contributed by atoms with Crippen LogP contribution in [0.15, 0.2) is 48.5 Å². The molecule has 2 rings (SSSR count). The molecule has 3 nitrogen and oxygen atoms in total. The zero-order valence-electron chi connectivity index (χ0n) is 8.88. The van der Waals surface area contributed by atoms with Crippen LogP contribution in [-0.2, 0) is 0 Å². The fourth-order valence-corrected chi connectivity index (χ4v) is 1.55. The summed E-state index contributed by atoms with van der Waals surface area (Å²) >= 11 is 0. The molecule has 0 radical (unpaired) electrons. The van der Waals surface area contributed by atoms with Crippen molar-refractivity contribution >= 4 is 5.69 Å². The maximum Gasteiger partial charge on any atom is 0.270 e. The second kappa shape index (κ2) is 4.14. The average Bonchev–Trinajstić information content (AvgIpc) is 2.30. The molecular weight excluding hydrogens is 202 g/mol. The van der Waals surface area contributed by atoms with Crippen LogP contribution in [0.2, 0.25) is 0 Å². The highest BCUT2D eigenvalue weighted by Crippen LogP contribution is 2.23. The Morgan fingerprint density at radius 1 is 1.00 bits per heavy atom. The molecule has 0 heterocycles. The summed E-state index contributed by atoms with van der Waals surface area (Å²) in [6, 6.07) is 14.6. The minimum Gasteiger partial charge on any atom is -0.258 e. The van der Waals surface area contributed by atoms with E-state index in [9.17, 15) is 10.1 Å². The lowest BCUT2D eigenvalue weighted by molar-refractivity contribution is -0.384. The minimum absolute atomic E-state index is 0.123. The molecule has 0 aliphatic rings. The van der Waals surface area contributed by atoms with E-state index < -0.39 is 0 Å². The number of nitro groups is 1. The van der Waals surface area contributed by atoms with Crippen molar-refractivity contribution in [3.63, 3.8) is 0 Å². The lowest BCUT2D eigenvalue weighted by atomic mass is 10.0. The first-order valence-corrected chi connectivity index (χ1v) is 4.98. The van der Waals surface area contributed by atoms with Gasteiger partial charge in [-0.05, 0) is 18.1 Å². The van der Waals surface area contributed by atoms with Gasteiger partial charge in [-0.25, -0.2) is 0 Å². The number of hydrogen-bond acceptors (Lipinski definition) is 2. The molecule has 80 valence electrons. The highest BCUT2D eigenvalue weighted by Gasteiger charge is 2.06. The highest BCUT2D eigenvalue weighted by atomic mass is 16.6. The molecule has 2 aromatic carbocycles. The first kappa shape index (κ1) is 10.4. The van der Waals surface area contributed by atoms with E-state index in [0.29, 0.717) is 0 Å². The monoisotopic (exact) mass is 213 g/mol. The summed E-state index contributed by atoms with van der Waals surface area (Å²) in [4.78, 5) is 10.3. The van der Waals surface area contributed by atoms with Crippen LogP contribution in [0, 0.1) is 17.0 Å². The van der Waals surface area contributed by atoms with Gasteiger partial charge < -0.3 is 0 Å². The summed E-state index contributed by atoms with van der Waals surface area (Å²) in [5.41, 5.74) is 3.16. The summed E-state index contributed by atoms with van der Waals surface area (Å²) < 4.78 is 0. The molecular formula is C13H11NO2. The van der Waals surface area contributed by atoms with Crippen molar-refractivity contribution in [3.05, 3.63) is 64.2 Å². The fourth-order valence-electron chi connectivity index (χ4n) is 1.55. The highest BCUT2D eigenvalue weighted by molar-refractivity contribution is 5.66. The number of rotatable bonds is 2. The largest absolute Gasteiger partial charge is 0.270 e. The number of nitrogens with zero attached hydrogens (tertiary/aromatic N) is 1. The third-order valence-corrected chi connectivity index (χ3v) is 2.44. The molecule has 0 amide bonds. The Hall–Kier alpha value is -2.16. The smallest absolute Gasteiger partial charge is 0.258 e. The van der Waals surface area contributed by atoms with E-state index >= 15 is 0 Å². The number of nitro benzene ring substituents is 1. The van der Waals surface area contributed by atoms with Crippen molar-refractivity contribution in [3.8, 4) is 11.1 Å². The molecule has 0 N–H and O–H groups in total. The molecule has 0 fully saturated rings. The van der Waals surface area contributed by atoms with Crippen molar-refractivity contribution < 1.29 is 4.92 Å². The number of aryl methyl sites for hydroxylation is 1. The van der Waals surface area contributed by atoms with E-state index in [1.807, 2.05) is 37.3 Å². The van der Waals surface area contributed by atoms with Gasteiger partial charge in [0.05, 0.1) is 4.92 Å². The van der Waals surface area contributed by atoms with E-state index in [1.165, 1.54) is 11.6 Å². The van der Waals surface area contributed by atoms with Gasteiger partial charge >= 0.3 is 0 Å². The molecule has 2 aromatic rings. The second-order valence-corrected chi connectivity index (χ2v) is 3.67. The lowest BCUT2D eigenvalue weighted by Crippen LogP contribution is -1.88. The second-order valence-electron chi connectivity index (χ2n) is 3.67. The first-order valence-electron chi connectivity index (χ1n) is 4.98. The van der Waals surface area contributed by atoms with E-state index in [1.54, 1.807) is 12.1 Å². The zero-order valence-corrected chi connectivity index (χ0v) is 8.88. The molecule has 0 unspecified atom stereocenters. The number of hydrogen-bond donors (Lipinski definition) is 0. The Bertz CT molecular complexity index is 518. The van der Waals surface area contributed by atoms with Gasteiger partial charge in [-0.3, -0.25) is 10.1 Å². The topological polar surface area (TPSA) is 43.1 Å². The van der Waals surface area contributed by atoms with Gasteiger partial charge in [0.15, 0.2) is 0 Å². The Kier molecular flexibility index (Phi) is 2.68. The van der Waals surface area contributed by atoms with Crippen LogP contribution in [0.4, 0.5) is 5.69 Å². The van der Waals surface area contributed by atoms with Gasteiger partial charge in [-0.2, -0.15) is 0 Å². The average molecular weight is 213 g/mol. The van der Waals surface area contributed by atoms with Gasteiger partial charge in [0.2, 0.25) is 0 Å². The Labute approximate surface area is 93.5 Å². The molecule has 0 saturated carbocycles. The van der Waals surface area contributed by atoms with Crippen LogP contribution in [-0.4, -0.2) is 4.92 Å². The summed E-state index contributed by atoms with van der Waals surface area (Å²) in [7, 11) is 0. The molecule has 0 aliphatic heterocycles. The number of non-ortho nitro benzene ring substituents is 1. The van der Waals surface area contributed by atoms with Gasteiger partial charge in [-0.1, -0.05) is 42.0 Å². The third-order valence-electron chi connectivity index (χ3n) is 2.44. The van der Waals surface area contributed by atoms with E-state index in [4.69, 9.17) is 0 Å². The van der Waals surface area contributed by atoms with Crippen molar-refractivity contribution in [1.82, 2.24) is 0 Å².